The Kier molecular flexibility index (Phi) is 5.45. The number of hydrogen-bond acceptors (Lipinski definition) is 4. The number of carbonyl (C=O) groups is 1. The molecule has 1 saturated carbocycles. The first-order valence-electron chi connectivity index (χ1n) is 8.10. The summed E-state index contributed by atoms with van der Waals surface area (Å²) in [5.74, 6) is 0. The van der Waals surface area contributed by atoms with Crippen molar-refractivity contribution >= 4 is 6.09 Å². The molecule has 1 amide bonds. The number of likely N-dealkylation sites (N-methyl/N-ethyl adjacent to an activating group) is 1. The maximum Gasteiger partial charge on any atom is 0.410 e. The van der Waals surface area contributed by atoms with Crippen LogP contribution in [0.25, 0.3) is 0 Å². The lowest BCUT2D eigenvalue weighted by Crippen LogP contribution is -2.40. The number of carbonyl (C=O) groups excluding carboxylic acids is 1. The SMILES string of the molecule is CCN(CCNCc1cncn1C1CC1)C(=O)OC(C)(C)C. The summed E-state index contributed by atoms with van der Waals surface area (Å²) >= 11 is 0. The monoisotopic (exact) mass is 308 g/mol. The van der Waals surface area contributed by atoms with Crippen molar-refractivity contribution in [1.82, 2.24) is 19.8 Å². The molecule has 0 radical (unpaired) electrons. The van der Waals surface area contributed by atoms with Gasteiger partial charge in [-0.1, -0.05) is 0 Å². The second kappa shape index (κ2) is 7.13. The van der Waals surface area contributed by atoms with Crippen molar-refractivity contribution in [3.63, 3.8) is 0 Å². The normalized spacial score (nSPS) is 14.9. The Hall–Kier alpha value is -1.56. The average molecular weight is 308 g/mol. The maximum atomic E-state index is 12.0. The highest BCUT2D eigenvalue weighted by atomic mass is 16.6. The van der Waals surface area contributed by atoms with Crippen LogP contribution in [0.15, 0.2) is 12.5 Å². The van der Waals surface area contributed by atoms with Crippen molar-refractivity contribution in [3.05, 3.63) is 18.2 Å². The molecule has 124 valence electrons. The summed E-state index contributed by atoms with van der Waals surface area (Å²) in [4.78, 5) is 18.0. The van der Waals surface area contributed by atoms with E-state index in [9.17, 15) is 4.79 Å². The van der Waals surface area contributed by atoms with Crippen molar-refractivity contribution in [3.8, 4) is 0 Å². The van der Waals surface area contributed by atoms with Crippen LogP contribution < -0.4 is 5.32 Å². The minimum Gasteiger partial charge on any atom is -0.444 e. The maximum absolute atomic E-state index is 12.0. The Labute approximate surface area is 132 Å². The van der Waals surface area contributed by atoms with Crippen molar-refractivity contribution in [2.24, 2.45) is 0 Å². The molecule has 0 atom stereocenters. The number of amides is 1. The van der Waals surface area contributed by atoms with Gasteiger partial charge in [-0.2, -0.15) is 0 Å². The summed E-state index contributed by atoms with van der Waals surface area (Å²) in [6.45, 7) is 10.4. The molecule has 0 unspecified atom stereocenters. The van der Waals surface area contributed by atoms with Gasteiger partial charge >= 0.3 is 6.09 Å². The Morgan fingerprint density at radius 3 is 2.82 bits per heavy atom. The zero-order valence-corrected chi connectivity index (χ0v) is 14.1. The van der Waals surface area contributed by atoms with Gasteiger partial charge in [0, 0.05) is 38.4 Å². The van der Waals surface area contributed by atoms with Gasteiger partial charge in [-0.25, -0.2) is 9.78 Å². The summed E-state index contributed by atoms with van der Waals surface area (Å²) in [6, 6.07) is 0.646. The first-order valence-corrected chi connectivity index (χ1v) is 8.10. The number of nitrogens with zero attached hydrogens (tertiary/aromatic N) is 3. The molecule has 1 aromatic heterocycles. The molecule has 0 saturated heterocycles. The lowest BCUT2D eigenvalue weighted by Gasteiger charge is -2.26. The number of rotatable bonds is 7. The third-order valence-corrected chi connectivity index (χ3v) is 3.58. The zero-order valence-electron chi connectivity index (χ0n) is 14.1. The lowest BCUT2D eigenvalue weighted by molar-refractivity contribution is 0.0262. The van der Waals surface area contributed by atoms with Crippen LogP contribution in [0, 0.1) is 0 Å². The molecule has 0 spiro atoms. The predicted molar refractivity (Wildman–Crippen MR) is 85.7 cm³/mol. The van der Waals surface area contributed by atoms with Gasteiger partial charge in [0.15, 0.2) is 0 Å². The van der Waals surface area contributed by atoms with Crippen LogP contribution in [-0.4, -0.2) is 45.8 Å². The van der Waals surface area contributed by atoms with Gasteiger partial charge < -0.3 is 19.5 Å². The minimum absolute atomic E-state index is 0.250. The minimum atomic E-state index is -0.450. The highest BCUT2D eigenvalue weighted by molar-refractivity contribution is 5.68. The van der Waals surface area contributed by atoms with Crippen molar-refractivity contribution in [1.29, 1.82) is 0 Å². The fourth-order valence-corrected chi connectivity index (χ4v) is 2.29. The van der Waals surface area contributed by atoms with E-state index in [1.807, 2.05) is 40.2 Å². The molecule has 6 nitrogen and oxygen atoms in total. The Morgan fingerprint density at radius 1 is 1.50 bits per heavy atom. The Balaban J connectivity index is 1.72. The topological polar surface area (TPSA) is 59.4 Å². The van der Waals surface area contributed by atoms with Gasteiger partial charge in [-0.05, 0) is 40.5 Å². The van der Waals surface area contributed by atoms with E-state index in [4.69, 9.17) is 4.74 Å². The fourth-order valence-electron chi connectivity index (χ4n) is 2.29. The summed E-state index contributed by atoms with van der Waals surface area (Å²) in [5, 5.41) is 3.38. The fraction of sp³-hybridized carbons (Fsp3) is 0.750. The molecule has 1 aliphatic carbocycles. The first kappa shape index (κ1) is 16.8. The molecule has 0 aromatic carbocycles. The zero-order chi connectivity index (χ0) is 16.2. The highest BCUT2D eigenvalue weighted by Crippen LogP contribution is 2.35. The van der Waals surface area contributed by atoms with E-state index in [-0.39, 0.29) is 6.09 Å². The van der Waals surface area contributed by atoms with E-state index in [1.54, 1.807) is 4.90 Å². The first-order chi connectivity index (χ1) is 10.4. The van der Waals surface area contributed by atoms with Crippen LogP contribution in [0.4, 0.5) is 4.79 Å². The molecule has 1 aromatic rings. The van der Waals surface area contributed by atoms with Crippen LogP contribution in [0.5, 0.6) is 0 Å². The Morgan fingerprint density at radius 2 is 2.23 bits per heavy atom. The van der Waals surface area contributed by atoms with Crippen LogP contribution in [0.3, 0.4) is 0 Å². The van der Waals surface area contributed by atoms with Crippen molar-refractivity contribution < 1.29 is 9.53 Å². The van der Waals surface area contributed by atoms with E-state index in [0.717, 1.165) is 13.1 Å². The largest absolute Gasteiger partial charge is 0.444 e. The van der Waals surface area contributed by atoms with Crippen LogP contribution in [0.1, 0.15) is 52.3 Å². The van der Waals surface area contributed by atoms with Crippen LogP contribution >= 0.6 is 0 Å². The van der Waals surface area contributed by atoms with Crippen LogP contribution in [0.2, 0.25) is 0 Å². The van der Waals surface area contributed by atoms with E-state index in [2.05, 4.69) is 14.9 Å². The molecule has 0 aliphatic heterocycles. The van der Waals surface area contributed by atoms with E-state index in [0.29, 0.717) is 19.1 Å². The number of hydrogen-bond donors (Lipinski definition) is 1. The molecular weight excluding hydrogens is 280 g/mol. The number of ether oxygens (including phenoxy) is 1. The quantitative estimate of drug-likeness (QED) is 0.787. The summed E-state index contributed by atoms with van der Waals surface area (Å²) in [5.41, 5.74) is 0.761. The third-order valence-electron chi connectivity index (χ3n) is 3.58. The lowest BCUT2D eigenvalue weighted by atomic mass is 10.2. The molecule has 1 aliphatic rings. The molecule has 1 N–H and O–H groups in total. The van der Waals surface area contributed by atoms with Crippen molar-refractivity contribution in [2.75, 3.05) is 19.6 Å². The summed E-state index contributed by atoms with van der Waals surface area (Å²) in [7, 11) is 0. The molecule has 0 bridgehead atoms. The molecule has 6 heteroatoms. The van der Waals surface area contributed by atoms with Gasteiger partial charge in [0.25, 0.3) is 0 Å². The molecule has 22 heavy (non-hydrogen) atoms. The molecule has 2 rings (SSSR count). The average Bonchev–Trinajstić information content (AvgIpc) is 3.16. The van der Waals surface area contributed by atoms with Gasteiger partial charge in [0.2, 0.25) is 0 Å². The number of nitrogens with one attached hydrogen (secondary N) is 1. The van der Waals surface area contributed by atoms with Crippen molar-refractivity contribution in [2.45, 2.75) is 58.7 Å². The van der Waals surface area contributed by atoms with Gasteiger partial charge in [0.1, 0.15) is 5.60 Å². The number of aromatic nitrogens is 2. The predicted octanol–water partition coefficient (Wildman–Crippen LogP) is 2.56. The van der Waals surface area contributed by atoms with E-state index in [1.165, 1.54) is 18.5 Å². The number of imidazole rings is 1. The van der Waals surface area contributed by atoms with Gasteiger partial charge in [0.05, 0.1) is 12.0 Å². The molecule has 1 heterocycles. The van der Waals surface area contributed by atoms with Gasteiger partial charge in [-0.15, -0.1) is 0 Å². The summed E-state index contributed by atoms with van der Waals surface area (Å²) < 4.78 is 7.65. The Bertz CT molecular complexity index is 489. The van der Waals surface area contributed by atoms with Gasteiger partial charge in [-0.3, -0.25) is 0 Å². The standard InChI is InChI=1S/C16H28N4O2/c1-5-19(15(21)22-16(2,3)4)9-8-17-10-14-11-18-12-20(14)13-6-7-13/h11-13,17H,5-10H2,1-4H3. The molecule has 1 fully saturated rings. The third kappa shape index (κ3) is 5.02. The highest BCUT2D eigenvalue weighted by Gasteiger charge is 2.25. The van der Waals surface area contributed by atoms with E-state index < -0.39 is 5.60 Å². The smallest absolute Gasteiger partial charge is 0.410 e. The second-order valence-corrected chi connectivity index (χ2v) is 6.76. The van der Waals surface area contributed by atoms with E-state index >= 15 is 0 Å². The summed E-state index contributed by atoms with van der Waals surface area (Å²) in [6.07, 6.45) is 6.08. The second-order valence-electron chi connectivity index (χ2n) is 6.76. The van der Waals surface area contributed by atoms with Crippen LogP contribution in [-0.2, 0) is 11.3 Å². The molecular formula is C16H28N4O2.